The molecule has 0 spiro atoms. The Morgan fingerprint density at radius 2 is 1.52 bits per heavy atom. The van der Waals surface area contributed by atoms with Crippen molar-refractivity contribution in [2.24, 2.45) is 0 Å². The number of quaternary nitrogens is 1. The molecular weight excluding hydrogens is 312 g/mol. The van der Waals surface area contributed by atoms with Crippen molar-refractivity contribution in [3.05, 3.63) is 77.4 Å². The van der Waals surface area contributed by atoms with Crippen molar-refractivity contribution in [3.8, 4) is 0 Å². The lowest BCUT2D eigenvalue weighted by molar-refractivity contribution is -0.894. The van der Waals surface area contributed by atoms with Crippen LogP contribution in [0.4, 0.5) is 0 Å². The molecule has 2 aromatic rings. The van der Waals surface area contributed by atoms with E-state index in [-0.39, 0.29) is 11.8 Å². The maximum absolute atomic E-state index is 12.4. The van der Waals surface area contributed by atoms with E-state index in [1.165, 1.54) is 20.9 Å². The molecule has 2 aliphatic heterocycles. The van der Waals surface area contributed by atoms with E-state index in [1.54, 1.807) is 24.3 Å². The highest BCUT2D eigenvalue weighted by atomic mass is 16.2. The van der Waals surface area contributed by atoms with Gasteiger partial charge in [-0.05, 0) is 29.3 Å². The number of nitrogens with one attached hydrogen (secondary N) is 1. The molecule has 0 saturated heterocycles. The molecule has 4 heteroatoms. The summed E-state index contributed by atoms with van der Waals surface area (Å²) in [6.45, 7) is 3.25. The normalized spacial score (nSPS) is 19.8. The van der Waals surface area contributed by atoms with Gasteiger partial charge in [-0.1, -0.05) is 42.5 Å². The molecule has 126 valence electrons. The molecule has 0 aliphatic carbocycles. The summed E-state index contributed by atoms with van der Waals surface area (Å²) in [5.41, 5.74) is 3.76. The summed E-state index contributed by atoms with van der Waals surface area (Å²) < 4.78 is 0. The van der Waals surface area contributed by atoms with Crippen molar-refractivity contribution in [3.63, 3.8) is 0 Å². The molecule has 2 amide bonds. The molecule has 1 N–H and O–H groups in total. The van der Waals surface area contributed by atoms with Gasteiger partial charge in [0.15, 0.2) is 0 Å². The van der Waals surface area contributed by atoms with Gasteiger partial charge < -0.3 is 4.90 Å². The van der Waals surface area contributed by atoms with Gasteiger partial charge in [-0.25, -0.2) is 0 Å². The smallest absolute Gasteiger partial charge is 0.261 e. The van der Waals surface area contributed by atoms with E-state index >= 15 is 0 Å². The fourth-order valence-corrected chi connectivity index (χ4v) is 3.64. The molecule has 0 bridgehead atoms. The van der Waals surface area contributed by atoms with E-state index in [1.807, 2.05) is 6.07 Å². The van der Waals surface area contributed by atoms with Crippen molar-refractivity contribution in [1.82, 2.24) is 4.90 Å². The van der Waals surface area contributed by atoms with Crippen molar-refractivity contribution in [2.75, 3.05) is 26.2 Å². The molecule has 1 atom stereocenters. The summed E-state index contributed by atoms with van der Waals surface area (Å²) in [5, 5.41) is 0. The zero-order chi connectivity index (χ0) is 17.2. The lowest BCUT2D eigenvalue weighted by atomic mass is 10.00. The first-order valence-corrected chi connectivity index (χ1v) is 8.77. The molecule has 0 radical (unpaired) electrons. The molecule has 2 heterocycles. The molecule has 4 nitrogen and oxygen atoms in total. The van der Waals surface area contributed by atoms with Crippen molar-refractivity contribution >= 4 is 17.4 Å². The standard InChI is InChI=1S/C21H20N2O2/c24-20-18-8-4-5-9-19(18)21(25)23(20)15-14-22-12-10-17(11-13-22)16-6-2-1-3-7-16/h1-10H,11-15H2/p+1. The van der Waals surface area contributed by atoms with Gasteiger partial charge in [-0.2, -0.15) is 0 Å². The van der Waals surface area contributed by atoms with Crippen molar-refractivity contribution < 1.29 is 14.5 Å². The first-order valence-electron chi connectivity index (χ1n) is 8.77. The third kappa shape index (κ3) is 3.01. The zero-order valence-corrected chi connectivity index (χ0v) is 14.1. The number of amides is 2. The number of hydrogen-bond donors (Lipinski definition) is 1. The largest absolute Gasteiger partial charge is 0.330 e. The number of rotatable bonds is 4. The van der Waals surface area contributed by atoms with Crippen LogP contribution >= 0.6 is 0 Å². The molecular formula is C21H21N2O2+. The molecule has 1 unspecified atom stereocenters. The van der Waals surface area contributed by atoms with Gasteiger partial charge in [0.05, 0.1) is 37.3 Å². The maximum atomic E-state index is 12.4. The average molecular weight is 333 g/mol. The van der Waals surface area contributed by atoms with E-state index in [0.29, 0.717) is 17.7 Å². The minimum absolute atomic E-state index is 0.155. The fraction of sp³-hybridized carbons (Fsp3) is 0.238. The topological polar surface area (TPSA) is 41.8 Å². The predicted octanol–water partition coefficient (Wildman–Crippen LogP) is 1.65. The van der Waals surface area contributed by atoms with Gasteiger partial charge >= 0.3 is 0 Å². The lowest BCUT2D eigenvalue weighted by Crippen LogP contribution is -3.13. The van der Waals surface area contributed by atoms with Crippen LogP contribution in [0.25, 0.3) is 5.57 Å². The Morgan fingerprint density at radius 3 is 2.12 bits per heavy atom. The first-order chi connectivity index (χ1) is 12.2. The number of carbonyl (C=O) groups is 2. The van der Waals surface area contributed by atoms with Crippen LogP contribution in [0.3, 0.4) is 0 Å². The van der Waals surface area contributed by atoms with Crippen LogP contribution in [0.5, 0.6) is 0 Å². The maximum Gasteiger partial charge on any atom is 0.261 e. The van der Waals surface area contributed by atoms with Gasteiger partial charge in [0.25, 0.3) is 11.8 Å². The van der Waals surface area contributed by atoms with Crippen molar-refractivity contribution in [1.29, 1.82) is 0 Å². The quantitative estimate of drug-likeness (QED) is 0.865. The highest BCUT2D eigenvalue weighted by molar-refractivity contribution is 6.21. The van der Waals surface area contributed by atoms with E-state index < -0.39 is 0 Å². The Kier molecular flexibility index (Phi) is 4.20. The Bertz CT molecular complexity index is 807. The second kappa shape index (κ2) is 6.65. The lowest BCUT2D eigenvalue weighted by Gasteiger charge is -2.25. The van der Waals surface area contributed by atoms with Crippen molar-refractivity contribution in [2.45, 2.75) is 6.42 Å². The predicted molar refractivity (Wildman–Crippen MR) is 96.4 cm³/mol. The van der Waals surface area contributed by atoms with Crippen LogP contribution in [-0.4, -0.2) is 42.9 Å². The number of fused-ring (bicyclic) bond motifs is 1. The Hall–Kier alpha value is -2.72. The Labute approximate surface area is 147 Å². The Balaban J connectivity index is 1.37. The molecule has 4 rings (SSSR count). The summed E-state index contributed by atoms with van der Waals surface area (Å²) >= 11 is 0. The molecule has 25 heavy (non-hydrogen) atoms. The van der Waals surface area contributed by atoms with Crippen LogP contribution < -0.4 is 4.90 Å². The van der Waals surface area contributed by atoms with Gasteiger partial charge in [0, 0.05) is 6.42 Å². The van der Waals surface area contributed by atoms with Gasteiger partial charge in [-0.3, -0.25) is 14.5 Å². The monoisotopic (exact) mass is 333 g/mol. The third-order valence-electron chi connectivity index (χ3n) is 5.10. The van der Waals surface area contributed by atoms with E-state index in [4.69, 9.17) is 0 Å². The minimum atomic E-state index is -0.155. The third-order valence-corrected chi connectivity index (χ3v) is 5.10. The second-order valence-electron chi connectivity index (χ2n) is 6.61. The first kappa shape index (κ1) is 15.8. The van der Waals surface area contributed by atoms with Crippen LogP contribution in [0, 0.1) is 0 Å². The van der Waals surface area contributed by atoms with Crippen LogP contribution in [0.15, 0.2) is 60.7 Å². The number of nitrogens with zero attached hydrogens (tertiary/aromatic N) is 1. The molecule has 0 aromatic heterocycles. The van der Waals surface area contributed by atoms with E-state index in [9.17, 15) is 9.59 Å². The number of hydrogen-bond acceptors (Lipinski definition) is 2. The van der Waals surface area contributed by atoms with Crippen LogP contribution in [-0.2, 0) is 0 Å². The highest BCUT2D eigenvalue weighted by Crippen LogP contribution is 2.22. The van der Waals surface area contributed by atoms with E-state index in [2.05, 4.69) is 30.3 Å². The summed E-state index contributed by atoms with van der Waals surface area (Å²) in [6, 6.07) is 17.5. The number of benzene rings is 2. The van der Waals surface area contributed by atoms with Gasteiger partial charge in [0.1, 0.15) is 0 Å². The summed E-state index contributed by atoms with van der Waals surface area (Å²) in [6.07, 6.45) is 3.32. The summed E-state index contributed by atoms with van der Waals surface area (Å²) in [4.78, 5) is 27.6. The zero-order valence-electron chi connectivity index (χ0n) is 14.1. The van der Waals surface area contributed by atoms with E-state index in [0.717, 1.165) is 26.1 Å². The fourth-order valence-electron chi connectivity index (χ4n) is 3.64. The van der Waals surface area contributed by atoms with Crippen LogP contribution in [0.2, 0.25) is 0 Å². The molecule has 2 aliphatic rings. The second-order valence-corrected chi connectivity index (χ2v) is 6.61. The molecule has 2 aromatic carbocycles. The minimum Gasteiger partial charge on any atom is -0.330 e. The summed E-state index contributed by atoms with van der Waals surface area (Å²) in [5.74, 6) is -0.310. The van der Waals surface area contributed by atoms with Crippen LogP contribution in [0.1, 0.15) is 32.7 Å². The Morgan fingerprint density at radius 1 is 0.880 bits per heavy atom. The average Bonchev–Trinajstić information content (AvgIpc) is 2.92. The molecule has 0 fully saturated rings. The van der Waals surface area contributed by atoms with Gasteiger partial charge in [-0.15, -0.1) is 0 Å². The number of carbonyl (C=O) groups excluding carboxylic acids is 2. The highest BCUT2D eigenvalue weighted by Gasteiger charge is 2.35. The number of imide groups is 1. The summed E-state index contributed by atoms with van der Waals surface area (Å²) in [7, 11) is 0. The van der Waals surface area contributed by atoms with Gasteiger partial charge in [0.2, 0.25) is 0 Å². The SMILES string of the molecule is O=C1c2ccccc2C(=O)N1CC[NH+]1CC=C(c2ccccc2)CC1. The molecule has 0 saturated carbocycles.